The van der Waals surface area contributed by atoms with Crippen LogP contribution in [-0.4, -0.2) is 25.7 Å². The minimum absolute atomic E-state index is 0.00200. The lowest BCUT2D eigenvalue weighted by molar-refractivity contribution is -0.0978. The molecule has 1 aliphatic heterocycles. The molecule has 0 spiro atoms. The zero-order chi connectivity index (χ0) is 12.5. The van der Waals surface area contributed by atoms with Gasteiger partial charge in [-0.15, -0.1) is 0 Å². The third kappa shape index (κ3) is 2.55. The topological polar surface area (TPSA) is 64.4 Å². The van der Waals surface area contributed by atoms with Crippen molar-refractivity contribution < 1.29 is 13.9 Å². The molecule has 3 N–H and O–H groups in total. The summed E-state index contributed by atoms with van der Waals surface area (Å²) in [6, 6.07) is 4.04. The Hall–Kier alpha value is -1.62. The monoisotopic (exact) mass is 238 g/mol. The number of amides is 1. The molecule has 1 aliphatic rings. The Bertz CT molecular complexity index is 444. The Balaban J connectivity index is 1.97. The third-order valence-electron chi connectivity index (χ3n) is 2.84. The van der Waals surface area contributed by atoms with E-state index in [4.69, 9.17) is 10.5 Å². The summed E-state index contributed by atoms with van der Waals surface area (Å²) in [5.41, 5.74) is 5.66. The Morgan fingerprint density at radius 1 is 1.59 bits per heavy atom. The van der Waals surface area contributed by atoms with Crippen molar-refractivity contribution in [2.24, 2.45) is 5.41 Å². The molecule has 1 saturated heterocycles. The zero-order valence-corrected chi connectivity index (χ0v) is 9.63. The standard InChI is InChI=1S/C12H15FN2O2/c1-12(6-17-7-12)5-15-11(16)8-2-3-10(14)9(13)4-8/h2-4H,5-7,14H2,1H3,(H,15,16). The van der Waals surface area contributed by atoms with Crippen molar-refractivity contribution in [1.29, 1.82) is 0 Å². The second kappa shape index (κ2) is 4.33. The fourth-order valence-electron chi connectivity index (χ4n) is 1.62. The van der Waals surface area contributed by atoms with Gasteiger partial charge in [0, 0.05) is 17.5 Å². The van der Waals surface area contributed by atoms with E-state index in [9.17, 15) is 9.18 Å². The number of rotatable bonds is 3. The molecular formula is C12H15FN2O2. The number of hydrogen-bond donors (Lipinski definition) is 2. The van der Waals surface area contributed by atoms with E-state index in [1.54, 1.807) is 0 Å². The van der Waals surface area contributed by atoms with Gasteiger partial charge in [0.05, 0.1) is 18.9 Å². The molecular weight excluding hydrogens is 223 g/mol. The number of carbonyl (C=O) groups is 1. The van der Waals surface area contributed by atoms with Crippen molar-refractivity contribution >= 4 is 11.6 Å². The molecule has 0 aromatic heterocycles. The lowest BCUT2D eigenvalue weighted by Crippen LogP contribution is -2.48. The second-order valence-corrected chi connectivity index (χ2v) is 4.72. The quantitative estimate of drug-likeness (QED) is 0.777. The molecule has 0 saturated carbocycles. The van der Waals surface area contributed by atoms with Crippen LogP contribution in [0, 0.1) is 11.2 Å². The predicted octanol–water partition coefficient (Wildman–Crippen LogP) is 1.17. The van der Waals surface area contributed by atoms with Gasteiger partial charge in [-0.05, 0) is 18.2 Å². The fraction of sp³-hybridized carbons (Fsp3) is 0.417. The van der Waals surface area contributed by atoms with Gasteiger partial charge < -0.3 is 15.8 Å². The van der Waals surface area contributed by atoms with E-state index in [1.165, 1.54) is 12.1 Å². The highest BCUT2D eigenvalue weighted by Gasteiger charge is 2.33. The van der Waals surface area contributed by atoms with Gasteiger partial charge in [0.2, 0.25) is 0 Å². The molecule has 0 atom stereocenters. The van der Waals surface area contributed by atoms with Gasteiger partial charge in [0.25, 0.3) is 5.91 Å². The normalized spacial score (nSPS) is 17.3. The number of nitrogens with two attached hydrogens (primary N) is 1. The second-order valence-electron chi connectivity index (χ2n) is 4.72. The number of benzene rings is 1. The van der Waals surface area contributed by atoms with Crippen molar-refractivity contribution in [1.82, 2.24) is 5.32 Å². The average molecular weight is 238 g/mol. The Morgan fingerprint density at radius 3 is 2.82 bits per heavy atom. The molecule has 1 heterocycles. The number of carbonyl (C=O) groups excluding carboxylic acids is 1. The van der Waals surface area contributed by atoms with Crippen LogP contribution in [0.25, 0.3) is 0 Å². The lowest BCUT2D eigenvalue weighted by atomic mass is 9.88. The van der Waals surface area contributed by atoms with E-state index in [1.807, 2.05) is 6.92 Å². The number of ether oxygens (including phenoxy) is 1. The molecule has 0 radical (unpaired) electrons. The van der Waals surface area contributed by atoms with Gasteiger partial charge in [-0.1, -0.05) is 6.92 Å². The summed E-state index contributed by atoms with van der Waals surface area (Å²) in [5, 5.41) is 2.76. The van der Waals surface area contributed by atoms with E-state index in [0.29, 0.717) is 19.8 Å². The van der Waals surface area contributed by atoms with E-state index in [0.717, 1.165) is 6.07 Å². The maximum atomic E-state index is 13.2. The molecule has 1 aromatic carbocycles. The number of nitrogen functional groups attached to an aromatic ring is 1. The zero-order valence-electron chi connectivity index (χ0n) is 9.63. The maximum absolute atomic E-state index is 13.2. The molecule has 0 aliphatic carbocycles. The molecule has 4 nitrogen and oxygen atoms in total. The minimum atomic E-state index is -0.573. The Morgan fingerprint density at radius 2 is 2.29 bits per heavy atom. The highest BCUT2D eigenvalue weighted by atomic mass is 19.1. The molecule has 0 unspecified atom stereocenters. The summed E-state index contributed by atoms with van der Waals surface area (Å²) in [6.07, 6.45) is 0. The maximum Gasteiger partial charge on any atom is 0.251 e. The van der Waals surface area contributed by atoms with E-state index >= 15 is 0 Å². The van der Waals surface area contributed by atoms with Crippen LogP contribution in [0.4, 0.5) is 10.1 Å². The van der Waals surface area contributed by atoms with Crippen LogP contribution in [0.5, 0.6) is 0 Å². The van der Waals surface area contributed by atoms with Gasteiger partial charge in [-0.25, -0.2) is 4.39 Å². The Labute approximate surface area is 98.9 Å². The summed E-state index contributed by atoms with van der Waals surface area (Å²) in [7, 11) is 0. The summed E-state index contributed by atoms with van der Waals surface area (Å²) in [6.45, 7) is 3.84. The largest absolute Gasteiger partial charge is 0.396 e. The van der Waals surface area contributed by atoms with Crippen LogP contribution in [0.15, 0.2) is 18.2 Å². The van der Waals surface area contributed by atoms with Gasteiger partial charge in [-0.2, -0.15) is 0 Å². The van der Waals surface area contributed by atoms with Gasteiger partial charge in [0.1, 0.15) is 5.82 Å². The number of nitrogens with one attached hydrogen (secondary N) is 1. The SMILES string of the molecule is CC1(CNC(=O)c2ccc(N)c(F)c2)COC1. The van der Waals surface area contributed by atoms with Crippen LogP contribution >= 0.6 is 0 Å². The van der Waals surface area contributed by atoms with E-state index in [-0.39, 0.29) is 22.6 Å². The highest BCUT2D eigenvalue weighted by molar-refractivity contribution is 5.94. The van der Waals surface area contributed by atoms with Crippen molar-refractivity contribution in [3.8, 4) is 0 Å². The summed E-state index contributed by atoms with van der Waals surface area (Å²) >= 11 is 0. The third-order valence-corrected chi connectivity index (χ3v) is 2.84. The average Bonchev–Trinajstić information content (AvgIpc) is 2.27. The number of halogens is 1. The van der Waals surface area contributed by atoms with Gasteiger partial charge >= 0.3 is 0 Å². The molecule has 17 heavy (non-hydrogen) atoms. The van der Waals surface area contributed by atoms with Crippen molar-refractivity contribution in [2.75, 3.05) is 25.5 Å². The first-order valence-electron chi connectivity index (χ1n) is 5.41. The first kappa shape index (κ1) is 11.9. The molecule has 2 rings (SSSR count). The molecule has 1 aromatic rings. The summed E-state index contributed by atoms with van der Waals surface area (Å²) in [4.78, 5) is 11.7. The lowest BCUT2D eigenvalue weighted by Gasteiger charge is -2.38. The van der Waals surface area contributed by atoms with Crippen molar-refractivity contribution in [3.63, 3.8) is 0 Å². The molecule has 1 amide bonds. The van der Waals surface area contributed by atoms with Crippen molar-refractivity contribution in [3.05, 3.63) is 29.6 Å². The van der Waals surface area contributed by atoms with Gasteiger partial charge in [0.15, 0.2) is 0 Å². The molecule has 92 valence electrons. The van der Waals surface area contributed by atoms with Crippen LogP contribution < -0.4 is 11.1 Å². The predicted molar refractivity (Wildman–Crippen MR) is 62.1 cm³/mol. The van der Waals surface area contributed by atoms with E-state index in [2.05, 4.69) is 5.32 Å². The Kier molecular flexibility index (Phi) is 3.02. The first-order chi connectivity index (χ1) is 8.00. The van der Waals surface area contributed by atoms with Crippen LogP contribution in [0.3, 0.4) is 0 Å². The number of anilines is 1. The fourth-order valence-corrected chi connectivity index (χ4v) is 1.62. The molecule has 0 bridgehead atoms. The van der Waals surface area contributed by atoms with Crippen LogP contribution in [-0.2, 0) is 4.74 Å². The molecule has 1 fully saturated rings. The van der Waals surface area contributed by atoms with Crippen LogP contribution in [0.2, 0.25) is 0 Å². The van der Waals surface area contributed by atoms with Crippen LogP contribution in [0.1, 0.15) is 17.3 Å². The minimum Gasteiger partial charge on any atom is -0.396 e. The molecule has 5 heteroatoms. The number of hydrogen-bond acceptors (Lipinski definition) is 3. The first-order valence-corrected chi connectivity index (χ1v) is 5.41. The summed E-state index contributed by atoms with van der Waals surface area (Å²) in [5.74, 6) is -0.868. The smallest absolute Gasteiger partial charge is 0.251 e. The van der Waals surface area contributed by atoms with E-state index < -0.39 is 5.82 Å². The van der Waals surface area contributed by atoms with Crippen molar-refractivity contribution in [2.45, 2.75) is 6.92 Å². The summed E-state index contributed by atoms with van der Waals surface area (Å²) < 4.78 is 18.2. The van der Waals surface area contributed by atoms with Gasteiger partial charge in [-0.3, -0.25) is 4.79 Å². The highest BCUT2D eigenvalue weighted by Crippen LogP contribution is 2.25.